The SMILES string of the molecule is COc1ccc(OC)c(/C=C/C(=O)NCc2cc3c([nH]c4ccccc43)c(-c3cc(OC)c(OC)c(OC)c3)n2)c1. The smallest absolute Gasteiger partial charge is 0.244 e. The number of pyridine rings is 1. The van der Waals surface area contributed by atoms with Gasteiger partial charge in [-0.05, 0) is 48.5 Å². The Morgan fingerprint density at radius 3 is 2.24 bits per heavy atom. The first-order valence-corrected chi connectivity index (χ1v) is 12.9. The van der Waals surface area contributed by atoms with E-state index in [9.17, 15) is 4.79 Å². The molecule has 0 saturated carbocycles. The van der Waals surface area contributed by atoms with E-state index in [0.717, 1.165) is 32.9 Å². The van der Waals surface area contributed by atoms with Gasteiger partial charge < -0.3 is 34.0 Å². The molecule has 0 aliphatic rings. The van der Waals surface area contributed by atoms with Gasteiger partial charge in [0.25, 0.3) is 0 Å². The van der Waals surface area contributed by atoms with Gasteiger partial charge >= 0.3 is 0 Å². The van der Waals surface area contributed by atoms with Crippen molar-refractivity contribution in [3.8, 4) is 40.0 Å². The first-order chi connectivity index (χ1) is 20.0. The molecule has 0 aliphatic heterocycles. The molecule has 5 aromatic rings. The lowest BCUT2D eigenvalue weighted by Gasteiger charge is -2.15. The molecule has 0 atom stereocenters. The number of hydrogen-bond donors (Lipinski definition) is 2. The van der Waals surface area contributed by atoms with Crippen molar-refractivity contribution in [1.82, 2.24) is 15.3 Å². The van der Waals surface area contributed by atoms with E-state index in [1.807, 2.05) is 36.4 Å². The van der Waals surface area contributed by atoms with Crippen LogP contribution < -0.4 is 29.0 Å². The highest BCUT2D eigenvalue weighted by atomic mass is 16.5. The number of para-hydroxylation sites is 1. The van der Waals surface area contributed by atoms with Crippen LogP contribution in [0.4, 0.5) is 0 Å². The van der Waals surface area contributed by atoms with Crippen LogP contribution in [0, 0.1) is 0 Å². The number of H-pyrrole nitrogens is 1. The van der Waals surface area contributed by atoms with Crippen molar-refractivity contribution in [2.45, 2.75) is 6.54 Å². The molecule has 5 rings (SSSR count). The second-order valence-electron chi connectivity index (χ2n) is 9.13. The van der Waals surface area contributed by atoms with Gasteiger partial charge in [-0.2, -0.15) is 0 Å². The highest BCUT2D eigenvalue weighted by Gasteiger charge is 2.19. The van der Waals surface area contributed by atoms with Gasteiger partial charge in [-0.1, -0.05) is 18.2 Å². The Morgan fingerprint density at radius 1 is 0.829 bits per heavy atom. The van der Waals surface area contributed by atoms with E-state index in [4.69, 9.17) is 28.7 Å². The van der Waals surface area contributed by atoms with Gasteiger partial charge in [-0.3, -0.25) is 4.79 Å². The van der Waals surface area contributed by atoms with Crippen LogP contribution in [-0.2, 0) is 11.3 Å². The molecule has 2 aromatic heterocycles. The number of rotatable bonds is 10. The molecular weight excluding hydrogens is 522 g/mol. The van der Waals surface area contributed by atoms with Crippen molar-refractivity contribution in [3.05, 3.63) is 78.0 Å². The molecule has 0 aliphatic carbocycles. The highest BCUT2D eigenvalue weighted by Crippen LogP contribution is 2.42. The summed E-state index contributed by atoms with van der Waals surface area (Å²) in [4.78, 5) is 21.3. The van der Waals surface area contributed by atoms with Gasteiger partial charge in [0.1, 0.15) is 11.5 Å². The summed E-state index contributed by atoms with van der Waals surface area (Å²) < 4.78 is 27.4. The fourth-order valence-electron chi connectivity index (χ4n) is 4.79. The number of methoxy groups -OCH3 is 5. The molecule has 0 fully saturated rings. The van der Waals surface area contributed by atoms with Gasteiger partial charge in [0, 0.05) is 33.5 Å². The Balaban J connectivity index is 1.51. The topological polar surface area (TPSA) is 104 Å². The van der Waals surface area contributed by atoms with E-state index >= 15 is 0 Å². The maximum absolute atomic E-state index is 12.8. The Morgan fingerprint density at radius 2 is 1.56 bits per heavy atom. The number of ether oxygens (including phenoxy) is 5. The molecule has 3 aromatic carbocycles. The summed E-state index contributed by atoms with van der Waals surface area (Å²) >= 11 is 0. The Hall–Kier alpha value is -5.18. The lowest BCUT2D eigenvalue weighted by Crippen LogP contribution is -2.21. The summed E-state index contributed by atoms with van der Waals surface area (Å²) in [5.74, 6) is 2.56. The van der Waals surface area contributed by atoms with Crippen LogP contribution in [0.5, 0.6) is 28.7 Å². The zero-order valence-corrected chi connectivity index (χ0v) is 23.5. The van der Waals surface area contributed by atoms with E-state index in [1.54, 1.807) is 59.8 Å². The first kappa shape index (κ1) is 27.4. The van der Waals surface area contributed by atoms with Crippen molar-refractivity contribution in [1.29, 1.82) is 0 Å². The molecule has 0 unspecified atom stereocenters. The van der Waals surface area contributed by atoms with Crippen molar-refractivity contribution in [2.24, 2.45) is 0 Å². The van der Waals surface area contributed by atoms with Crippen LogP contribution in [0.2, 0.25) is 0 Å². The molecule has 1 amide bonds. The fraction of sp³-hybridized carbons (Fsp3) is 0.188. The predicted molar refractivity (Wildman–Crippen MR) is 159 cm³/mol. The Bertz CT molecular complexity index is 1730. The number of aromatic nitrogens is 2. The summed E-state index contributed by atoms with van der Waals surface area (Å²) in [7, 11) is 7.89. The molecule has 41 heavy (non-hydrogen) atoms. The summed E-state index contributed by atoms with van der Waals surface area (Å²) in [6.07, 6.45) is 3.15. The number of carbonyl (C=O) groups excluding carboxylic acids is 1. The Kier molecular flexibility index (Phi) is 7.96. The molecule has 9 heteroatoms. The Labute approximate surface area is 237 Å². The number of amides is 1. The maximum Gasteiger partial charge on any atom is 0.244 e. The normalized spacial score (nSPS) is 11.1. The van der Waals surface area contributed by atoms with Crippen LogP contribution in [0.1, 0.15) is 11.3 Å². The van der Waals surface area contributed by atoms with E-state index < -0.39 is 0 Å². The molecule has 0 bridgehead atoms. The third-order valence-corrected chi connectivity index (χ3v) is 6.78. The van der Waals surface area contributed by atoms with Crippen LogP contribution in [0.25, 0.3) is 39.1 Å². The summed E-state index contributed by atoms with van der Waals surface area (Å²) in [6, 6.07) is 19.2. The first-order valence-electron chi connectivity index (χ1n) is 12.9. The van der Waals surface area contributed by atoms with Crippen molar-refractivity contribution in [3.63, 3.8) is 0 Å². The van der Waals surface area contributed by atoms with Crippen LogP contribution >= 0.6 is 0 Å². The lowest BCUT2D eigenvalue weighted by molar-refractivity contribution is -0.116. The molecule has 9 nitrogen and oxygen atoms in total. The van der Waals surface area contributed by atoms with Crippen molar-refractivity contribution < 1.29 is 28.5 Å². The van der Waals surface area contributed by atoms with Gasteiger partial charge in [-0.25, -0.2) is 4.98 Å². The fourth-order valence-corrected chi connectivity index (χ4v) is 4.79. The van der Waals surface area contributed by atoms with Crippen LogP contribution in [-0.4, -0.2) is 51.4 Å². The number of nitrogens with one attached hydrogen (secondary N) is 2. The van der Waals surface area contributed by atoms with Crippen LogP contribution in [0.15, 0.2) is 66.7 Å². The molecule has 0 radical (unpaired) electrons. The largest absolute Gasteiger partial charge is 0.497 e. The summed E-state index contributed by atoms with van der Waals surface area (Å²) in [5, 5.41) is 4.98. The van der Waals surface area contributed by atoms with Crippen molar-refractivity contribution >= 4 is 33.8 Å². The molecular formula is C32H31N3O6. The molecule has 2 N–H and O–H groups in total. The second-order valence-corrected chi connectivity index (χ2v) is 9.13. The molecule has 210 valence electrons. The van der Waals surface area contributed by atoms with Gasteiger partial charge in [-0.15, -0.1) is 0 Å². The average molecular weight is 554 g/mol. The maximum atomic E-state index is 12.8. The average Bonchev–Trinajstić information content (AvgIpc) is 3.40. The minimum Gasteiger partial charge on any atom is -0.497 e. The third-order valence-electron chi connectivity index (χ3n) is 6.78. The summed E-state index contributed by atoms with van der Waals surface area (Å²) in [5.41, 5.74) is 4.72. The van der Waals surface area contributed by atoms with E-state index in [0.29, 0.717) is 40.1 Å². The number of aromatic amines is 1. The quantitative estimate of drug-likeness (QED) is 0.212. The van der Waals surface area contributed by atoms with E-state index in [2.05, 4.69) is 16.4 Å². The van der Waals surface area contributed by atoms with Gasteiger partial charge in [0.05, 0.1) is 59.0 Å². The predicted octanol–water partition coefficient (Wildman–Crippen LogP) is 5.76. The van der Waals surface area contributed by atoms with E-state index in [1.165, 1.54) is 6.08 Å². The van der Waals surface area contributed by atoms with Crippen molar-refractivity contribution in [2.75, 3.05) is 35.5 Å². The minimum atomic E-state index is -0.273. The minimum absolute atomic E-state index is 0.214. The van der Waals surface area contributed by atoms with Crippen LogP contribution in [0.3, 0.4) is 0 Å². The summed E-state index contributed by atoms with van der Waals surface area (Å²) in [6.45, 7) is 0.214. The zero-order chi connectivity index (χ0) is 28.9. The third kappa shape index (κ3) is 5.47. The lowest BCUT2D eigenvalue weighted by atomic mass is 10.1. The molecule has 0 spiro atoms. The van der Waals surface area contributed by atoms with Gasteiger partial charge in [0.2, 0.25) is 11.7 Å². The number of nitrogens with zero attached hydrogens (tertiary/aromatic N) is 1. The number of benzene rings is 3. The number of hydrogen-bond acceptors (Lipinski definition) is 7. The monoisotopic (exact) mass is 553 g/mol. The number of fused-ring (bicyclic) bond motifs is 3. The molecule has 0 saturated heterocycles. The zero-order valence-electron chi connectivity index (χ0n) is 23.5. The van der Waals surface area contributed by atoms with Gasteiger partial charge in [0.15, 0.2) is 11.5 Å². The number of carbonyl (C=O) groups is 1. The standard InChI is InChI=1S/C32H31N3O6/c1-37-22-11-12-26(38-2)19(14-22)10-13-29(36)33-18-21-17-24-23-8-6-7-9-25(23)35-31(24)30(34-21)20-15-27(39-3)32(41-5)28(16-20)40-4/h6-17,35H,18H2,1-5H3,(H,33,36)/b13-10+. The molecule has 2 heterocycles. The second kappa shape index (κ2) is 11.9. The van der Waals surface area contributed by atoms with E-state index in [-0.39, 0.29) is 12.5 Å². The highest BCUT2D eigenvalue weighted by molar-refractivity contribution is 6.11.